The van der Waals surface area contributed by atoms with Crippen molar-refractivity contribution in [2.75, 3.05) is 7.11 Å². The second-order valence-corrected chi connectivity index (χ2v) is 5.57. The molecule has 0 saturated carbocycles. The first-order valence-electron chi connectivity index (χ1n) is 7.38. The van der Waals surface area contributed by atoms with Crippen molar-refractivity contribution in [3.63, 3.8) is 0 Å². The minimum Gasteiger partial charge on any atom is -0.497 e. The molecular weight excluding hydrogens is 342 g/mol. The number of hydrogen-bond donors (Lipinski definition) is 1. The molecule has 0 radical (unpaired) electrons. The number of halogens is 1. The molecule has 0 spiro atoms. The number of carboxylic acids is 1. The number of benzene rings is 2. The summed E-state index contributed by atoms with van der Waals surface area (Å²) in [6.45, 7) is 0. The van der Waals surface area contributed by atoms with Gasteiger partial charge in [-0.3, -0.25) is 4.99 Å². The zero-order chi connectivity index (χ0) is 17.8. The molecule has 25 heavy (non-hydrogen) atoms. The maximum Gasteiger partial charge on any atom is 0.337 e. The van der Waals surface area contributed by atoms with Crippen LogP contribution in [0.4, 0.5) is 5.69 Å². The van der Waals surface area contributed by atoms with Gasteiger partial charge in [0.25, 0.3) is 0 Å². The van der Waals surface area contributed by atoms with E-state index in [1.807, 2.05) is 24.3 Å². The Hall–Kier alpha value is -3.05. The second-order valence-electron chi connectivity index (χ2n) is 5.16. The number of aliphatic imine (C=N–C) groups is 1. The quantitative estimate of drug-likeness (QED) is 0.649. The Bertz CT molecular complexity index is 929. The zero-order valence-electron chi connectivity index (χ0n) is 13.3. The SMILES string of the molecule is COc1ccc(N=Cc2ccc(-c3ccc(Cl)c(C(=O)O)c3)o2)cc1. The predicted molar refractivity (Wildman–Crippen MR) is 96.4 cm³/mol. The summed E-state index contributed by atoms with van der Waals surface area (Å²) in [5.41, 5.74) is 1.42. The lowest BCUT2D eigenvalue weighted by Gasteiger charge is -2.02. The van der Waals surface area contributed by atoms with Crippen LogP contribution >= 0.6 is 11.6 Å². The fourth-order valence-corrected chi connectivity index (χ4v) is 2.42. The topological polar surface area (TPSA) is 72.0 Å². The Morgan fingerprint density at radius 1 is 1.16 bits per heavy atom. The van der Waals surface area contributed by atoms with E-state index in [4.69, 9.17) is 25.9 Å². The van der Waals surface area contributed by atoms with Gasteiger partial charge < -0.3 is 14.3 Å². The molecule has 0 aliphatic heterocycles. The molecule has 0 atom stereocenters. The number of methoxy groups -OCH3 is 1. The molecule has 3 aromatic rings. The second kappa shape index (κ2) is 7.23. The van der Waals surface area contributed by atoms with Crippen molar-refractivity contribution in [3.05, 3.63) is 70.9 Å². The summed E-state index contributed by atoms with van der Waals surface area (Å²) in [5.74, 6) is 0.767. The van der Waals surface area contributed by atoms with Crippen LogP contribution in [0.3, 0.4) is 0 Å². The van der Waals surface area contributed by atoms with Crippen LogP contribution in [-0.4, -0.2) is 24.4 Å². The lowest BCUT2D eigenvalue weighted by Crippen LogP contribution is -1.97. The number of ether oxygens (including phenoxy) is 1. The molecule has 6 heteroatoms. The van der Waals surface area contributed by atoms with Gasteiger partial charge in [0.1, 0.15) is 17.3 Å². The molecule has 0 amide bonds. The largest absolute Gasteiger partial charge is 0.497 e. The van der Waals surface area contributed by atoms with Crippen molar-refractivity contribution in [2.45, 2.75) is 0 Å². The zero-order valence-corrected chi connectivity index (χ0v) is 14.0. The summed E-state index contributed by atoms with van der Waals surface area (Å²) in [6, 6.07) is 15.5. The molecule has 0 bridgehead atoms. The van der Waals surface area contributed by atoms with Gasteiger partial charge in [-0.05, 0) is 54.6 Å². The first-order chi connectivity index (χ1) is 12.1. The van der Waals surface area contributed by atoms with Crippen molar-refractivity contribution >= 4 is 29.5 Å². The van der Waals surface area contributed by atoms with Crippen LogP contribution in [0.2, 0.25) is 5.02 Å². The summed E-state index contributed by atoms with van der Waals surface area (Å²) in [7, 11) is 1.61. The Labute approximate surface area is 149 Å². The summed E-state index contributed by atoms with van der Waals surface area (Å²) < 4.78 is 10.8. The van der Waals surface area contributed by atoms with Crippen LogP contribution in [0.15, 0.2) is 64.0 Å². The van der Waals surface area contributed by atoms with Crippen LogP contribution in [-0.2, 0) is 0 Å². The number of aromatic carboxylic acids is 1. The molecule has 0 fully saturated rings. The minimum atomic E-state index is -1.08. The maximum atomic E-state index is 11.2. The highest BCUT2D eigenvalue weighted by molar-refractivity contribution is 6.33. The summed E-state index contributed by atoms with van der Waals surface area (Å²) in [4.78, 5) is 15.5. The lowest BCUT2D eigenvalue weighted by atomic mass is 10.1. The molecule has 0 aliphatic carbocycles. The van der Waals surface area contributed by atoms with Gasteiger partial charge in [0.15, 0.2) is 0 Å². The molecule has 1 N–H and O–H groups in total. The molecule has 0 saturated heterocycles. The van der Waals surface area contributed by atoms with Crippen LogP contribution in [0.1, 0.15) is 16.1 Å². The predicted octanol–water partition coefficient (Wildman–Crippen LogP) is 5.06. The van der Waals surface area contributed by atoms with Crippen molar-refractivity contribution in [1.82, 2.24) is 0 Å². The Morgan fingerprint density at radius 2 is 1.92 bits per heavy atom. The van der Waals surface area contributed by atoms with Gasteiger partial charge in [-0.1, -0.05) is 11.6 Å². The third-order valence-electron chi connectivity index (χ3n) is 3.52. The number of hydrogen-bond acceptors (Lipinski definition) is 4. The molecule has 0 aliphatic rings. The van der Waals surface area contributed by atoms with Gasteiger partial charge in [0, 0.05) is 5.56 Å². The van der Waals surface area contributed by atoms with Crippen molar-refractivity contribution in [2.24, 2.45) is 4.99 Å². The third kappa shape index (κ3) is 3.89. The highest BCUT2D eigenvalue weighted by Crippen LogP contribution is 2.27. The van der Waals surface area contributed by atoms with Crippen LogP contribution in [0.5, 0.6) is 5.75 Å². The van der Waals surface area contributed by atoms with E-state index in [0.717, 1.165) is 11.4 Å². The number of carboxylic acid groups (broad SMARTS) is 1. The van der Waals surface area contributed by atoms with Gasteiger partial charge in [0.05, 0.1) is 29.6 Å². The highest BCUT2D eigenvalue weighted by atomic mass is 35.5. The van der Waals surface area contributed by atoms with Crippen LogP contribution < -0.4 is 4.74 Å². The Balaban J connectivity index is 1.81. The molecular formula is C19H14ClNO4. The number of rotatable bonds is 5. The van der Waals surface area contributed by atoms with Crippen molar-refractivity contribution < 1.29 is 19.1 Å². The molecule has 126 valence electrons. The average Bonchev–Trinajstić information content (AvgIpc) is 3.09. The average molecular weight is 356 g/mol. The third-order valence-corrected chi connectivity index (χ3v) is 3.85. The fraction of sp³-hybridized carbons (Fsp3) is 0.0526. The van der Waals surface area contributed by atoms with E-state index in [0.29, 0.717) is 17.1 Å². The number of furan rings is 1. The summed E-state index contributed by atoms with van der Waals surface area (Å²) in [5, 5.41) is 9.33. The summed E-state index contributed by atoms with van der Waals surface area (Å²) in [6.07, 6.45) is 1.60. The summed E-state index contributed by atoms with van der Waals surface area (Å²) >= 11 is 5.88. The first kappa shape index (κ1) is 16.8. The standard InChI is InChI=1S/C19H14ClNO4/c1-24-14-5-3-13(4-6-14)21-11-15-7-9-18(25-15)12-2-8-17(20)16(10-12)19(22)23/h2-11H,1H3,(H,22,23). The van der Waals surface area contributed by atoms with E-state index < -0.39 is 5.97 Å². The molecule has 5 nitrogen and oxygen atoms in total. The molecule has 3 rings (SSSR count). The maximum absolute atomic E-state index is 11.2. The smallest absolute Gasteiger partial charge is 0.337 e. The normalized spacial score (nSPS) is 11.0. The van der Waals surface area contributed by atoms with E-state index in [2.05, 4.69) is 4.99 Å². The monoisotopic (exact) mass is 355 g/mol. The Morgan fingerprint density at radius 3 is 2.60 bits per heavy atom. The lowest BCUT2D eigenvalue weighted by molar-refractivity contribution is 0.0697. The molecule has 1 heterocycles. The first-order valence-corrected chi connectivity index (χ1v) is 7.76. The van der Waals surface area contributed by atoms with Gasteiger partial charge in [-0.25, -0.2) is 4.79 Å². The van der Waals surface area contributed by atoms with Crippen molar-refractivity contribution in [3.8, 4) is 17.1 Å². The minimum absolute atomic E-state index is 0.0315. The van der Waals surface area contributed by atoms with Gasteiger partial charge >= 0.3 is 5.97 Å². The van der Waals surface area contributed by atoms with E-state index in [9.17, 15) is 4.79 Å². The van der Waals surface area contributed by atoms with E-state index in [-0.39, 0.29) is 10.6 Å². The molecule has 1 aromatic heterocycles. The van der Waals surface area contributed by atoms with E-state index in [1.54, 1.807) is 31.5 Å². The Kier molecular flexibility index (Phi) is 4.86. The van der Waals surface area contributed by atoms with Gasteiger partial charge in [-0.2, -0.15) is 0 Å². The van der Waals surface area contributed by atoms with Gasteiger partial charge in [0.2, 0.25) is 0 Å². The molecule has 2 aromatic carbocycles. The van der Waals surface area contributed by atoms with Crippen LogP contribution in [0.25, 0.3) is 11.3 Å². The highest BCUT2D eigenvalue weighted by Gasteiger charge is 2.12. The number of nitrogens with zero attached hydrogens (tertiary/aromatic N) is 1. The van der Waals surface area contributed by atoms with E-state index in [1.165, 1.54) is 12.1 Å². The van der Waals surface area contributed by atoms with E-state index >= 15 is 0 Å². The van der Waals surface area contributed by atoms with Gasteiger partial charge in [-0.15, -0.1) is 0 Å². The van der Waals surface area contributed by atoms with Crippen molar-refractivity contribution in [1.29, 1.82) is 0 Å². The van der Waals surface area contributed by atoms with Crippen LogP contribution in [0, 0.1) is 0 Å². The fourth-order valence-electron chi connectivity index (χ4n) is 2.23. The molecule has 0 unspecified atom stereocenters. The number of carbonyl (C=O) groups is 1.